The van der Waals surface area contributed by atoms with Gasteiger partial charge in [0.05, 0.1) is 13.2 Å². The van der Waals surface area contributed by atoms with Crippen molar-refractivity contribution in [1.29, 1.82) is 0 Å². The molecule has 0 aliphatic carbocycles. The molecule has 34 heavy (non-hydrogen) atoms. The fourth-order valence-electron chi connectivity index (χ4n) is 4.10. The molecule has 4 heteroatoms. The van der Waals surface area contributed by atoms with Gasteiger partial charge in [0.1, 0.15) is 0 Å². The van der Waals surface area contributed by atoms with Crippen LogP contribution in [0.15, 0.2) is 0 Å². The van der Waals surface area contributed by atoms with Gasteiger partial charge in [-0.2, -0.15) is 0 Å². The highest BCUT2D eigenvalue weighted by atomic mass is 16.5. The first-order valence-electron chi connectivity index (χ1n) is 14.9. The van der Waals surface area contributed by atoms with E-state index in [9.17, 15) is 9.59 Å². The van der Waals surface area contributed by atoms with E-state index in [0.717, 1.165) is 19.3 Å². The van der Waals surface area contributed by atoms with Crippen LogP contribution >= 0.6 is 0 Å². The second kappa shape index (κ2) is 26.5. The zero-order valence-electron chi connectivity index (χ0n) is 23.2. The van der Waals surface area contributed by atoms with Gasteiger partial charge in [-0.25, -0.2) is 0 Å². The maximum atomic E-state index is 11.8. The Balaban J connectivity index is 3.22. The Hall–Kier alpha value is -1.06. The fourth-order valence-corrected chi connectivity index (χ4v) is 4.10. The average Bonchev–Trinajstić information content (AvgIpc) is 2.81. The highest BCUT2D eigenvalue weighted by molar-refractivity contribution is 5.70. The summed E-state index contributed by atoms with van der Waals surface area (Å²) in [6, 6.07) is 0. The Morgan fingerprint density at radius 3 is 1.24 bits per heavy atom. The number of hydrogen-bond donors (Lipinski definition) is 0. The first-order valence-corrected chi connectivity index (χ1v) is 14.9. The summed E-state index contributed by atoms with van der Waals surface area (Å²) in [4.78, 5) is 23.4. The van der Waals surface area contributed by atoms with Gasteiger partial charge in [0.2, 0.25) is 0 Å². The molecule has 0 saturated carbocycles. The topological polar surface area (TPSA) is 52.6 Å². The van der Waals surface area contributed by atoms with Gasteiger partial charge < -0.3 is 9.47 Å². The molecule has 0 aromatic rings. The molecule has 0 aromatic carbocycles. The summed E-state index contributed by atoms with van der Waals surface area (Å²) in [6.07, 6.45) is 26.0. The van der Waals surface area contributed by atoms with E-state index < -0.39 is 0 Å². The summed E-state index contributed by atoms with van der Waals surface area (Å²) in [5.41, 5.74) is 0. The Morgan fingerprint density at radius 2 is 0.853 bits per heavy atom. The molecule has 0 fully saturated rings. The van der Waals surface area contributed by atoms with Gasteiger partial charge in [-0.3, -0.25) is 9.59 Å². The molecule has 0 aliphatic heterocycles. The first-order chi connectivity index (χ1) is 16.6. The number of ether oxygens (including phenoxy) is 2. The summed E-state index contributed by atoms with van der Waals surface area (Å²) in [7, 11) is 0. The van der Waals surface area contributed by atoms with Crippen molar-refractivity contribution >= 4 is 11.9 Å². The number of rotatable bonds is 26. The van der Waals surface area contributed by atoms with E-state index in [2.05, 4.69) is 20.8 Å². The van der Waals surface area contributed by atoms with E-state index >= 15 is 0 Å². The molecular formula is C30H58O4. The number of esters is 2. The third kappa shape index (κ3) is 27.2. The number of hydrogen-bond acceptors (Lipinski definition) is 4. The van der Waals surface area contributed by atoms with E-state index in [-0.39, 0.29) is 11.9 Å². The molecule has 0 rings (SSSR count). The lowest BCUT2D eigenvalue weighted by atomic mass is 10.0. The Kier molecular flexibility index (Phi) is 25.7. The van der Waals surface area contributed by atoms with Crippen molar-refractivity contribution in [2.75, 3.05) is 13.2 Å². The molecule has 0 aliphatic rings. The van der Waals surface area contributed by atoms with Crippen LogP contribution in [0.1, 0.15) is 162 Å². The van der Waals surface area contributed by atoms with Crippen molar-refractivity contribution in [3.05, 3.63) is 0 Å². The van der Waals surface area contributed by atoms with Gasteiger partial charge in [-0.15, -0.1) is 0 Å². The fraction of sp³-hybridized carbons (Fsp3) is 0.933. The van der Waals surface area contributed by atoms with Crippen molar-refractivity contribution in [3.8, 4) is 0 Å². The Morgan fingerprint density at radius 1 is 0.500 bits per heavy atom. The van der Waals surface area contributed by atoms with Crippen molar-refractivity contribution in [1.82, 2.24) is 0 Å². The minimum Gasteiger partial charge on any atom is -0.466 e. The standard InChI is InChI=1S/C30H58O4/c1-4-5-6-7-8-9-10-11-12-13-14-15-16-17-18-19-22-26-33-29(31)23-20-21-24-30(32)34-27-25-28(2)3/h28H,4-27H2,1-3H3. The Labute approximate surface area is 212 Å². The number of carbonyl (C=O) groups is 2. The molecular weight excluding hydrogens is 424 g/mol. The molecule has 202 valence electrons. The van der Waals surface area contributed by atoms with Crippen molar-refractivity contribution in [3.63, 3.8) is 0 Å². The van der Waals surface area contributed by atoms with Crippen LogP contribution in [0.25, 0.3) is 0 Å². The van der Waals surface area contributed by atoms with Crippen LogP contribution in [-0.2, 0) is 19.1 Å². The van der Waals surface area contributed by atoms with Crippen LogP contribution in [0, 0.1) is 5.92 Å². The molecule has 0 atom stereocenters. The van der Waals surface area contributed by atoms with Gasteiger partial charge in [0.15, 0.2) is 0 Å². The molecule has 0 unspecified atom stereocenters. The molecule has 0 amide bonds. The number of unbranched alkanes of at least 4 members (excludes halogenated alkanes) is 17. The Bertz CT molecular complexity index is 447. The van der Waals surface area contributed by atoms with E-state index in [1.807, 2.05) is 0 Å². The summed E-state index contributed by atoms with van der Waals surface area (Å²) in [5.74, 6) is 0.254. The average molecular weight is 483 g/mol. The molecule has 4 nitrogen and oxygen atoms in total. The lowest BCUT2D eigenvalue weighted by Gasteiger charge is -2.07. The predicted molar refractivity (Wildman–Crippen MR) is 144 cm³/mol. The lowest BCUT2D eigenvalue weighted by molar-refractivity contribution is -0.146. The summed E-state index contributed by atoms with van der Waals surface area (Å²) in [6.45, 7) is 7.54. The third-order valence-electron chi connectivity index (χ3n) is 6.48. The minimum atomic E-state index is -0.155. The van der Waals surface area contributed by atoms with Gasteiger partial charge in [0.25, 0.3) is 0 Å². The zero-order chi connectivity index (χ0) is 25.1. The quantitative estimate of drug-likeness (QED) is 0.0910. The maximum absolute atomic E-state index is 11.8. The second-order valence-corrected chi connectivity index (χ2v) is 10.5. The van der Waals surface area contributed by atoms with Crippen LogP contribution in [0.3, 0.4) is 0 Å². The normalized spacial score (nSPS) is 11.2. The van der Waals surface area contributed by atoms with Crippen LogP contribution in [0.2, 0.25) is 0 Å². The monoisotopic (exact) mass is 482 g/mol. The van der Waals surface area contributed by atoms with Gasteiger partial charge >= 0.3 is 11.9 Å². The molecule has 0 saturated heterocycles. The molecule has 0 spiro atoms. The van der Waals surface area contributed by atoms with Crippen molar-refractivity contribution < 1.29 is 19.1 Å². The van der Waals surface area contributed by atoms with E-state index in [1.54, 1.807) is 0 Å². The maximum Gasteiger partial charge on any atom is 0.305 e. The minimum absolute atomic E-state index is 0.135. The van der Waals surface area contributed by atoms with E-state index in [1.165, 1.54) is 96.3 Å². The highest BCUT2D eigenvalue weighted by Crippen LogP contribution is 2.14. The van der Waals surface area contributed by atoms with Gasteiger partial charge in [-0.1, -0.05) is 124 Å². The predicted octanol–water partition coefficient (Wildman–Crippen LogP) is 9.33. The van der Waals surface area contributed by atoms with Crippen LogP contribution in [-0.4, -0.2) is 25.2 Å². The SMILES string of the molecule is CCCCCCCCCCCCCCCCCCCOC(=O)CCCCC(=O)OCCC(C)C. The summed E-state index contributed by atoms with van der Waals surface area (Å²) >= 11 is 0. The summed E-state index contributed by atoms with van der Waals surface area (Å²) < 4.78 is 10.5. The zero-order valence-corrected chi connectivity index (χ0v) is 23.2. The molecule has 0 N–H and O–H groups in total. The molecule has 0 radical (unpaired) electrons. The number of carbonyl (C=O) groups excluding carboxylic acids is 2. The van der Waals surface area contributed by atoms with Crippen molar-refractivity contribution in [2.45, 2.75) is 162 Å². The highest BCUT2D eigenvalue weighted by Gasteiger charge is 2.06. The molecule has 0 heterocycles. The second-order valence-electron chi connectivity index (χ2n) is 10.5. The van der Waals surface area contributed by atoms with E-state index in [0.29, 0.717) is 44.8 Å². The largest absolute Gasteiger partial charge is 0.466 e. The van der Waals surface area contributed by atoms with Crippen molar-refractivity contribution in [2.24, 2.45) is 5.92 Å². The van der Waals surface area contributed by atoms with Gasteiger partial charge in [0, 0.05) is 12.8 Å². The summed E-state index contributed by atoms with van der Waals surface area (Å²) in [5, 5.41) is 0. The third-order valence-corrected chi connectivity index (χ3v) is 6.48. The van der Waals surface area contributed by atoms with Crippen LogP contribution in [0.5, 0.6) is 0 Å². The molecule has 0 bridgehead atoms. The van der Waals surface area contributed by atoms with Crippen LogP contribution in [0.4, 0.5) is 0 Å². The van der Waals surface area contributed by atoms with E-state index in [4.69, 9.17) is 9.47 Å². The smallest absolute Gasteiger partial charge is 0.305 e. The van der Waals surface area contributed by atoms with Gasteiger partial charge in [-0.05, 0) is 31.6 Å². The molecule has 0 aromatic heterocycles. The lowest BCUT2D eigenvalue weighted by Crippen LogP contribution is -2.08. The first kappa shape index (κ1) is 32.9. The van der Waals surface area contributed by atoms with Crippen LogP contribution < -0.4 is 0 Å².